The number of aromatic nitrogens is 2. The van der Waals surface area contributed by atoms with Gasteiger partial charge in [-0.3, -0.25) is 0 Å². The van der Waals surface area contributed by atoms with Crippen LogP contribution in [0.5, 0.6) is 5.75 Å². The van der Waals surface area contributed by atoms with Crippen LogP contribution in [-0.4, -0.2) is 21.3 Å². The van der Waals surface area contributed by atoms with Crippen molar-refractivity contribution in [3.05, 3.63) is 64.5 Å². The van der Waals surface area contributed by atoms with Crippen molar-refractivity contribution in [3.8, 4) is 17.2 Å². The van der Waals surface area contributed by atoms with Crippen molar-refractivity contribution in [2.45, 2.75) is 13.5 Å². The average Bonchev–Trinajstić information content (AvgIpc) is 3.02. The van der Waals surface area contributed by atoms with Gasteiger partial charge < -0.3 is 14.3 Å². The standard InChI is InChI=1S/C17H13ClN2O4/c1-10-2-7-13(14(21)8-10)17(22)23-9-15-19-20-16(24-15)11-3-5-12(18)6-4-11/h2-8,21H,9H2,1H3. The molecule has 0 saturated heterocycles. The van der Waals surface area contributed by atoms with E-state index in [0.29, 0.717) is 16.5 Å². The zero-order valence-electron chi connectivity index (χ0n) is 12.7. The fourth-order valence-corrected chi connectivity index (χ4v) is 2.17. The zero-order valence-corrected chi connectivity index (χ0v) is 13.4. The van der Waals surface area contributed by atoms with Crippen molar-refractivity contribution in [2.24, 2.45) is 0 Å². The van der Waals surface area contributed by atoms with Gasteiger partial charge in [-0.15, -0.1) is 10.2 Å². The van der Waals surface area contributed by atoms with E-state index in [0.717, 1.165) is 5.56 Å². The summed E-state index contributed by atoms with van der Waals surface area (Å²) < 4.78 is 10.5. The summed E-state index contributed by atoms with van der Waals surface area (Å²) >= 11 is 5.83. The Bertz CT molecular complexity index is 875. The van der Waals surface area contributed by atoms with Gasteiger partial charge in [0.2, 0.25) is 5.89 Å². The lowest BCUT2D eigenvalue weighted by Gasteiger charge is -2.05. The molecule has 0 aliphatic carbocycles. The molecule has 0 spiro atoms. The van der Waals surface area contributed by atoms with Crippen LogP contribution >= 0.6 is 11.6 Å². The second-order valence-corrected chi connectivity index (χ2v) is 5.54. The number of phenolic OH excluding ortho intramolecular Hbond substituents is 1. The van der Waals surface area contributed by atoms with Gasteiger partial charge in [0, 0.05) is 10.6 Å². The highest BCUT2D eigenvalue weighted by molar-refractivity contribution is 6.30. The molecule has 0 amide bonds. The van der Waals surface area contributed by atoms with Gasteiger partial charge in [0.25, 0.3) is 5.89 Å². The van der Waals surface area contributed by atoms with Crippen LogP contribution in [0.1, 0.15) is 21.8 Å². The Morgan fingerprint density at radius 2 is 1.96 bits per heavy atom. The minimum absolute atomic E-state index is 0.0815. The molecule has 1 heterocycles. The summed E-state index contributed by atoms with van der Waals surface area (Å²) in [7, 11) is 0. The van der Waals surface area contributed by atoms with Gasteiger partial charge in [0.05, 0.1) is 0 Å². The van der Waals surface area contributed by atoms with E-state index in [2.05, 4.69) is 10.2 Å². The summed E-state index contributed by atoms with van der Waals surface area (Å²) in [5.74, 6) is -0.345. The number of carbonyl (C=O) groups is 1. The van der Waals surface area contributed by atoms with Crippen molar-refractivity contribution in [1.82, 2.24) is 10.2 Å². The van der Waals surface area contributed by atoms with Crippen molar-refractivity contribution >= 4 is 17.6 Å². The van der Waals surface area contributed by atoms with Gasteiger partial charge in [0.15, 0.2) is 6.61 Å². The molecule has 0 saturated carbocycles. The number of phenols is 1. The second kappa shape index (κ2) is 6.72. The third kappa shape index (κ3) is 3.55. The molecule has 0 fully saturated rings. The van der Waals surface area contributed by atoms with E-state index in [9.17, 15) is 9.90 Å². The van der Waals surface area contributed by atoms with E-state index in [4.69, 9.17) is 20.8 Å². The van der Waals surface area contributed by atoms with Crippen LogP contribution in [-0.2, 0) is 11.3 Å². The number of ether oxygens (including phenoxy) is 1. The Hall–Kier alpha value is -2.86. The third-order valence-electron chi connectivity index (χ3n) is 3.26. The zero-order chi connectivity index (χ0) is 17.1. The maximum atomic E-state index is 12.0. The molecule has 0 unspecified atom stereocenters. The number of benzene rings is 2. The third-order valence-corrected chi connectivity index (χ3v) is 3.51. The van der Waals surface area contributed by atoms with E-state index in [1.54, 1.807) is 30.3 Å². The predicted octanol–water partition coefficient (Wildman–Crippen LogP) is 3.76. The minimum Gasteiger partial charge on any atom is -0.507 e. The molecule has 0 aliphatic heterocycles. The number of hydrogen-bond donors (Lipinski definition) is 1. The van der Waals surface area contributed by atoms with Crippen LogP contribution in [0.15, 0.2) is 46.9 Å². The maximum Gasteiger partial charge on any atom is 0.342 e. The van der Waals surface area contributed by atoms with Gasteiger partial charge >= 0.3 is 5.97 Å². The summed E-state index contributed by atoms with van der Waals surface area (Å²) in [6, 6.07) is 11.6. The minimum atomic E-state index is -0.668. The Morgan fingerprint density at radius 3 is 2.67 bits per heavy atom. The number of rotatable bonds is 4. The van der Waals surface area contributed by atoms with Crippen LogP contribution < -0.4 is 0 Å². The van der Waals surface area contributed by atoms with Crippen molar-refractivity contribution in [2.75, 3.05) is 0 Å². The lowest BCUT2D eigenvalue weighted by atomic mass is 10.1. The van der Waals surface area contributed by atoms with Crippen LogP contribution in [0.3, 0.4) is 0 Å². The smallest absolute Gasteiger partial charge is 0.342 e. The van der Waals surface area contributed by atoms with E-state index >= 15 is 0 Å². The fraction of sp³-hybridized carbons (Fsp3) is 0.118. The first-order valence-electron chi connectivity index (χ1n) is 7.08. The molecule has 0 aliphatic rings. The first-order chi connectivity index (χ1) is 11.5. The summed E-state index contributed by atoms with van der Waals surface area (Å²) in [4.78, 5) is 12.0. The molecular formula is C17H13ClN2O4. The quantitative estimate of drug-likeness (QED) is 0.725. The Morgan fingerprint density at radius 1 is 1.21 bits per heavy atom. The first-order valence-corrected chi connectivity index (χ1v) is 7.46. The Labute approximate surface area is 142 Å². The SMILES string of the molecule is Cc1ccc(C(=O)OCc2nnc(-c3ccc(Cl)cc3)o2)c(O)c1. The Balaban J connectivity index is 1.67. The number of carbonyl (C=O) groups excluding carboxylic acids is 1. The molecule has 3 aromatic rings. The number of hydrogen-bond acceptors (Lipinski definition) is 6. The lowest BCUT2D eigenvalue weighted by Crippen LogP contribution is -2.05. The highest BCUT2D eigenvalue weighted by Crippen LogP contribution is 2.22. The summed E-state index contributed by atoms with van der Waals surface area (Å²) in [6.07, 6.45) is 0. The number of halogens is 1. The van der Waals surface area contributed by atoms with E-state index in [1.807, 2.05) is 6.92 Å². The van der Waals surface area contributed by atoms with Crippen molar-refractivity contribution < 1.29 is 19.1 Å². The number of aromatic hydroxyl groups is 1. The first kappa shape index (κ1) is 16.0. The van der Waals surface area contributed by atoms with E-state index < -0.39 is 5.97 Å². The topological polar surface area (TPSA) is 85.5 Å². The average molecular weight is 345 g/mol. The van der Waals surface area contributed by atoms with Gasteiger partial charge in [-0.05, 0) is 48.9 Å². The van der Waals surface area contributed by atoms with Crippen LogP contribution in [0.25, 0.3) is 11.5 Å². The largest absolute Gasteiger partial charge is 0.507 e. The molecule has 0 atom stereocenters. The monoisotopic (exact) mass is 344 g/mol. The molecule has 122 valence electrons. The molecule has 3 rings (SSSR count). The molecule has 1 N–H and O–H groups in total. The molecule has 24 heavy (non-hydrogen) atoms. The summed E-state index contributed by atoms with van der Waals surface area (Å²) in [5, 5.41) is 18.1. The lowest BCUT2D eigenvalue weighted by molar-refractivity contribution is 0.0435. The van der Waals surface area contributed by atoms with Crippen molar-refractivity contribution in [3.63, 3.8) is 0 Å². The second-order valence-electron chi connectivity index (χ2n) is 5.10. The van der Waals surface area contributed by atoms with Crippen LogP contribution in [0, 0.1) is 6.92 Å². The van der Waals surface area contributed by atoms with Gasteiger partial charge in [-0.25, -0.2) is 4.79 Å². The molecule has 7 heteroatoms. The fourth-order valence-electron chi connectivity index (χ4n) is 2.04. The van der Waals surface area contributed by atoms with Gasteiger partial charge in [-0.2, -0.15) is 0 Å². The Kier molecular flexibility index (Phi) is 4.48. The maximum absolute atomic E-state index is 12.0. The number of nitrogens with zero attached hydrogens (tertiary/aromatic N) is 2. The number of esters is 1. The molecule has 2 aromatic carbocycles. The predicted molar refractivity (Wildman–Crippen MR) is 86.7 cm³/mol. The molecular weight excluding hydrogens is 332 g/mol. The molecule has 6 nitrogen and oxygen atoms in total. The van der Waals surface area contributed by atoms with Crippen LogP contribution in [0.2, 0.25) is 5.02 Å². The van der Waals surface area contributed by atoms with E-state index in [1.165, 1.54) is 12.1 Å². The van der Waals surface area contributed by atoms with Gasteiger partial charge in [0.1, 0.15) is 11.3 Å². The molecule has 1 aromatic heterocycles. The summed E-state index contributed by atoms with van der Waals surface area (Å²) in [5.41, 5.74) is 1.63. The normalized spacial score (nSPS) is 10.6. The molecule has 0 bridgehead atoms. The summed E-state index contributed by atoms with van der Waals surface area (Å²) in [6.45, 7) is 1.62. The van der Waals surface area contributed by atoms with E-state index in [-0.39, 0.29) is 23.8 Å². The van der Waals surface area contributed by atoms with Crippen molar-refractivity contribution in [1.29, 1.82) is 0 Å². The number of aryl methyl sites for hydroxylation is 1. The van der Waals surface area contributed by atoms with Crippen LogP contribution in [0.4, 0.5) is 0 Å². The highest BCUT2D eigenvalue weighted by atomic mass is 35.5. The highest BCUT2D eigenvalue weighted by Gasteiger charge is 2.15. The van der Waals surface area contributed by atoms with Gasteiger partial charge in [-0.1, -0.05) is 17.7 Å². The molecule has 0 radical (unpaired) electrons.